The van der Waals surface area contributed by atoms with Crippen molar-refractivity contribution in [2.24, 2.45) is 0 Å². The van der Waals surface area contributed by atoms with Crippen LogP contribution in [0.3, 0.4) is 0 Å². The lowest BCUT2D eigenvalue weighted by Crippen LogP contribution is -2.45. The summed E-state index contributed by atoms with van der Waals surface area (Å²) in [6.07, 6.45) is 85.3. The largest absolute Gasteiger partial charge is 0.394 e. The molecule has 0 rings (SSSR count). The smallest absolute Gasteiger partial charge is 0.220 e. The summed E-state index contributed by atoms with van der Waals surface area (Å²) in [5.41, 5.74) is 0. The molecule has 4 nitrogen and oxygen atoms in total. The molecule has 0 aromatic rings. The van der Waals surface area contributed by atoms with E-state index in [1.807, 2.05) is 6.08 Å². The fraction of sp³-hybridized carbons (Fsp3) is 0.694. The van der Waals surface area contributed by atoms with E-state index in [9.17, 15) is 15.0 Å². The maximum absolute atomic E-state index is 12.5. The first-order valence-electron chi connectivity index (χ1n) is 28.1. The van der Waals surface area contributed by atoms with Gasteiger partial charge in [0.25, 0.3) is 0 Å². The average molecular weight is 915 g/mol. The van der Waals surface area contributed by atoms with Gasteiger partial charge in [-0.25, -0.2) is 0 Å². The van der Waals surface area contributed by atoms with Crippen LogP contribution in [0.4, 0.5) is 0 Å². The maximum Gasteiger partial charge on any atom is 0.220 e. The second-order valence-electron chi connectivity index (χ2n) is 18.6. The first kappa shape index (κ1) is 63.1. The van der Waals surface area contributed by atoms with Crippen molar-refractivity contribution in [2.45, 2.75) is 270 Å². The molecule has 0 heterocycles. The number of hydrogen-bond donors (Lipinski definition) is 3. The predicted molar refractivity (Wildman–Crippen MR) is 294 cm³/mol. The second-order valence-corrected chi connectivity index (χ2v) is 18.6. The average Bonchev–Trinajstić information content (AvgIpc) is 3.32. The standard InChI is InChI=1S/C62H107NO3/c1-3-5-7-9-11-13-15-17-19-21-23-24-25-26-27-28-29-30-31-32-33-34-35-36-37-38-40-42-44-46-48-50-52-54-56-58-62(66)63-60(59-64)61(65)57-55-53-51-49-47-45-43-41-39-22-20-18-16-14-12-10-8-6-4-2/h5,7,11,13,17,19,23-24,26-27,29-30,39,41,47,49,55,57,60-61,64-65H,3-4,6,8-10,12,14-16,18,20-22,25,28,31-38,40,42-46,48,50-54,56,58-59H2,1-2H3,(H,63,66)/b7-5-,13-11-,19-17-,24-23-,27-26-,30-29-,41-39+,49-47+,57-55+. The van der Waals surface area contributed by atoms with Crippen LogP contribution in [0.1, 0.15) is 258 Å². The Balaban J connectivity index is 3.56. The van der Waals surface area contributed by atoms with E-state index >= 15 is 0 Å². The molecule has 0 aliphatic rings. The van der Waals surface area contributed by atoms with Crippen molar-refractivity contribution >= 4 is 5.91 Å². The van der Waals surface area contributed by atoms with Gasteiger partial charge < -0.3 is 15.5 Å². The lowest BCUT2D eigenvalue weighted by atomic mass is 10.0. The number of aliphatic hydroxyl groups excluding tert-OH is 2. The van der Waals surface area contributed by atoms with Crippen molar-refractivity contribution in [3.8, 4) is 0 Å². The Bertz CT molecular complexity index is 1270. The van der Waals surface area contributed by atoms with Crippen LogP contribution < -0.4 is 5.32 Å². The number of unbranched alkanes of at least 4 members (excludes halogenated alkanes) is 27. The highest BCUT2D eigenvalue weighted by atomic mass is 16.3. The van der Waals surface area contributed by atoms with Crippen LogP contribution in [0.15, 0.2) is 109 Å². The van der Waals surface area contributed by atoms with Gasteiger partial charge in [-0.05, 0) is 96.3 Å². The van der Waals surface area contributed by atoms with E-state index in [2.05, 4.69) is 116 Å². The molecule has 0 aliphatic heterocycles. The predicted octanol–water partition coefficient (Wildman–Crippen LogP) is 18.7. The van der Waals surface area contributed by atoms with Gasteiger partial charge in [0.05, 0.1) is 18.8 Å². The zero-order valence-corrected chi connectivity index (χ0v) is 43.4. The molecule has 0 radical (unpaired) electrons. The zero-order valence-electron chi connectivity index (χ0n) is 43.4. The van der Waals surface area contributed by atoms with Gasteiger partial charge in [0.2, 0.25) is 5.91 Å². The van der Waals surface area contributed by atoms with Crippen molar-refractivity contribution < 1.29 is 15.0 Å². The first-order valence-corrected chi connectivity index (χ1v) is 28.1. The Kier molecular flexibility index (Phi) is 53.9. The van der Waals surface area contributed by atoms with Crippen LogP contribution >= 0.6 is 0 Å². The Morgan fingerprint density at radius 3 is 1.06 bits per heavy atom. The minimum Gasteiger partial charge on any atom is -0.394 e. The molecule has 0 fully saturated rings. The van der Waals surface area contributed by atoms with Crippen LogP contribution in [0.25, 0.3) is 0 Å². The lowest BCUT2D eigenvalue weighted by molar-refractivity contribution is -0.123. The molecule has 66 heavy (non-hydrogen) atoms. The molecule has 378 valence electrons. The van der Waals surface area contributed by atoms with Gasteiger partial charge in [-0.2, -0.15) is 0 Å². The van der Waals surface area contributed by atoms with E-state index in [0.717, 1.165) is 77.0 Å². The summed E-state index contributed by atoms with van der Waals surface area (Å²) in [6, 6.07) is -0.651. The Morgan fingerprint density at radius 1 is 0.379 bits per heavy atom. The summed E-state index contributed by atoms with van der Waals surface area (Å²) in [6.45, 7) is 4.18. The van der Waals surface area contributed by atoms with E-state index in [1.54, 1.807) is 6.08 Å². The second kappa shape index (κ2) is 56.4. The number of allylic oxidation sites excluding steroid dienone is 17. The normalized spacial score (nSPS) is 13.7. The Labute approximate surface area is 410 Å². The molecule has 0 saturated carbocycles. The van der Waals surface area contributed by atoms with E-state index in [-0.39, 0.29) is 12.5 Å². The third-order valence-electron chi connectivity index (χ3n) is 12.2. The van der Waals surface area contributed by atoms with Crippen LogP contribution in [0.5, 0.6) is 0 Å². The van der Waals surface area contributed by atoms with E-state index in [4.69, 9.17) is 0 Å². The maximum atomic E-state index is 12.5. The highest BCUT2D eigenvalue weighted by Gasteiger charge is 2.17. The summed E-state index contributed by atoms with van der Waals surface area (Å²) in [4.78, 5) is 12.5. The summed E-state index contributed by atoms with van der Waals surface area (Å²) in [5.74, 6) is -0.0801. The molecule has 4 heteroatoms. The summed E-state index contributed by atoms with van der Waals surface area (Å²) >= 11 is 0. The Morgan fingerprint density at radius 2 is 0.682 bits per heavy atom. The topological polar surface area (TPSA) is 69.6 Å². The number of nitrogens with one attached hydrogen (secondary N) is 1. The molecule has 2 unspecified atom stereocenters. The molecule has 2 atom stereocenters. The summed E-state index contributed by atoms with van der Waals surface area (Å²) < 4.78 is 0. The number of rotatable bonds is 50. The summed E-state index contributed by atoms with van der Waals surface area (Å²) in [5, 5.41) is 23.1. The van der Waals surface area contributed by atoms with Gasteiger partial charge in [0, 0.05) is 6.42 Å². The van der Waals surface area contributed by atoms with Gasteiger partial charge in [-0.1, -0.05) is 264 Å². The molecule has 0 aromatic carbocycles. The quantitative estimate of drug-likeness (QED) is 0.0421. The summed E-state index contributed by atoms with van der Waals surface area (Å²) in [7, 11) is 0. The molecular formula is C62H107NO3. The SMILES string of the molecule is CC/C=C\C/C=C\C/C=C\C/C=C\C/C=C\C/C=C\CCCCCCCCCCCCCCCCCCC(=O)NC(CO)C(O)/C=C/CC/C=C/CC/C=C/CCCCCCCCCCC. The highest BCUT2D eigenvalue weighted by Crippen LogP contribution is 2.15. The van der Waals surface area contributed by atoms with Gasteiger partial charge in [-0.15, -0.1) is 0 Å². The van der Waals surface area contributed by atoms with Gasteiger partial charge in [0.15, 0.2) is 0 Å². The minimum absolute atomic E-state index is 0.0801. The van der Waals surface area contributed by atoms with Crippen LogP contribution in [0, 0.1) is 0 Å². The Hall–Kier alpha value is -2.95. The van der Waals surface area contributed by atoms with E-state index in [1.165, 1.54) is 161 Å². The number of hydrogen-bond acceptors (Lipinski definition) is 3. The third kappa shape index (κ3) is 52.0. The lowest BCUT2D eigenvalue weighted by Gasteiger charge is -2.19. The fourth-order valence-electron chi connectivity index (χ4n) is 7.98. The first-order chi connectivity index (χ1) is 32.7. The molecule has 0 spiro atoms. The van der Waals surface area contributed by atoms with E-state index in [0.29, 0.717) is 6.42 Å². The fourth-order valence-corrected chi connectivity index (χ4v) is 7.98. The van der Waals surface area contributed by atoms with Crippen molar-refractivity contribution in [2.75, 3.05) is 6.61 Å². The van der Waals surface area contributed by atoms with E-state index < -0.39 is 12.1 Å². The third-order valence-corrected chi connectivity index (χ3v) is 12.2. The van der Waals surface area contributed by atoms with Crippen molar-refractivity contribution in [3.05, 3.63) is 109 Å². The van der Waals surface area contributed by atoms with Crippen molar-refractivity contribution in [1.29, 1.82) is 0 Å². The molecule has 0 aromatic heterocycles. The zero-order chi connectivity index (χ0) is 47.7. The van der Waals surface area contributed by atoms with Crippen LogP contribution in [-0.4, -0.2) is 34.9 Å². The van der Waals surface area contributed by atoms with Crippen molar-refractivity contribution in [1.82, 2.24) is 5.32 Å². The van der Waals surface area contributed by atoms with Gasteiger partial charge >= 0.3 is 0 Å². The molecular weight excluding hydrogens is 807 g/mol. The van der Waals surface area contributed by atoms with Gasteiger partial charge in [0.1, 0.15) is 0 Å². The molecule has 1 amide bonds. The number of amides is 1. The number of carbonyl (C=O) groups excluding carboxylic acids is 1. The number of aliphatic hydroxyl groups is 2. The minimum atomic E-state index is -0.876. The van der Waals surface area contributed by atoms with Crippen LogP contribution in [0.2, 0.25) is 0 Å². The number of carbonyl (C=O) groups is 1. The van der Waals surface area contributed by atoms with Gasteiger partial charge in [-0.3, -0.25) is 4.79 Å². The van der Waals surface area contributed by atoms with Crippen LogP contribution in [-0.2, 0) is 4.79 Å². The molecule has 3 N–H and O–H groups in total. The molecule has 0 saturated heterocycles. The highest BCUT2D eigenvalue weighted by molar-refractivity contribution is 5.76. The monoisotopic (exact) mass is 914 g/mol. The molecule has 0 aliphatic carbocycles. The van der Waals surface area contributed by atoms with Crippen molar-refractivity contribution in [3.63, 3.8) is 0 Å². The molecule has 0 bridgehead atoms.